The average Bonchev–Trinajstić information content (AvgIpc) is 2.74. The molecule has 2 fully saturated rings. The number of hydrogen-bond donors (Lipinski definition) is 0. The molecule has 1 aromatic rings. The molecule has 0 spiro atoms. The summed E-state index contributed by atoms with van der Waals surface area (Å²) < 4.78 is 5.38. The normalized spacial score (nSPS) is 17.7. The quantitative estimate of drug-likeness (QED) is 0.405. The van der Waals surface area contributed by atoms with Crippen molar-refractivity contribution in [3.8, 4) is 0 Å². The summed E-state index contributed by atoms with van der Waals surface area (Å²) in [5, 5.41) is 11.5. The summed E-state index contributed by atoms with van der Waals surface area (Å²) in [6.45, 7) is 7.52. The lowest BCUT2D eigenvalue weighted by atomic mass is 10.1. The van der Waals surface area contributed by atoms with Crippen molar-refractivity contribution in [1.82, 2.24) is 4.90 Å². The second-order valence-corrected chi connectivity index (χ2v) is 7.35. The van der Waals surface area contributed by atoms with Gasteiger partial charge in [0.25, 0.3) is 5.69 Å². The predicted octanol–water partition coefficient (Wildman–Crippen LogP) is 2.66. The van der Waals surface area contributed by atoms with E-state index in [1.54, 1.807) is 6.07 Å². The minimum atomic E-state index is -0.318. The standard InChI is InChI=1S/C20H30N4O4/c1-2-3-4-5-20(25)23-10-8-21(9-11-23)17-6-7-18(24(26)27)19(16-17)22-12-14-28-15-13-22/h6-7,16H,2-5,8-15H2,1H3. The van der Waals surface area contributed by atoms with E-state index in [-0.39, 0.29) is 16.5 Å². The number of nitrogens with zero attached hydrogens (tertiary/aromatic N) is 4. The summed E-state index contributed by atoms with van der Waals surface area (Å²) in [4.78, 5) is 29.6. The van der Waals surface area contributed by atoms with Gasteiger partial charge in [-0.1, -0.05) is 19.8 Å². The highest BCUT2D eigenvalue weighted by atomic mass is 16.6. The van der Waals surface area contributed by atoms with Gasteiger partial charge in [-0.15, -0.1) is 0 Å². The Morgan fingerprint density at radius 1 is 1.07 bits per heavy atom. The fourth-order valence-electron chi connectivity index (χ4n) is 3.82. The number of carbonyl (C=O) groups excluding carboxylic acids is 1. The van der Waals surface area contributed by atoms with Crippen LogP contribution >= 0.6 is 0 Å². The number of nitro groups is 1. The van der Waals surface area contributed by atoms with E-state index < -0.39 is 0 Å². The summed E-state index contributed by atoms with van der Waals surface area (Å²) in [5.74, 6) is 0.241. The van der Waals surface area contributed by atoms with Gasteiger partial charge in [-0.3, -0.25) is 14.9 Å². The Morgan fingerprint density at radius 3 is 2.43 bits per heavy atom. The third-order valence-electron chi connectivity index (χ3n) is 5.50. The number of piperazine rings is 1. The molecule has 0 saturated carbocycles. The van der Waals surface area contributed by atoms with Crippen LogP contribution in [-0.4, -0.2) is 68.2 Å². The number of ether oxygens (including phenoxy) is 1. The largest absolute Gasteiger partial charge is 0.378 e. The zero-order chi connectivity index (χ0) is 19.9. The number of rotatable bonds is 7. The van der Waals surface area contributed by atoms with Gasteiger partial charge in [0.15, 0.2) is 0 Å². The van der Waals surface area contributed by atoms with Crippen LogP contribution in [-0.2, 0) is 9.53 Å². The number of nitro benzene ring substituents is 1. The first kappa shape index (κ1) is 20.4. The molecule has 0 radical (unpaired) electrons. The first-order chi connectivity index (χ1) is 13.6. The molecule has 154 valence electrons. The molecule has 2 aliphatic rings. The van der Waals surface area contributed by atoms with Crippen LogP contribution in [0.1, 0.15) is 32.6 Å². The molecule has 1 aromatic carbocycles. The van der Waals surface area contributed by atoms with Crippen molar-refractivity contribution < 1.29 is 14.5 Å². The molecule has 2 aliphatic heterocycles. The molecule has 0 bridgehead atoms. The monoisotopic (exact) mass is 390 g/mol. The zero-order valence-electron chi connectivity index (χ0n) is 16.6. The van der Waals surface area contributed by atoms with Gasteiger partial charge in [0.05, 0.1) is 18.1 Å². The van der Waals surface area contributed by atoms with Gasteiger partial charge >= 0.3 is 0 Å². The summed E-state index contributed by atoms with van der Waals surface area (Å²) in [7, 11) is 0. The summed E-state index contributed by atoms with van der Waals surface area (Å²) in [6, 6.07) is 5.34. The van der Waals surface area contributed by atoms with Crippen LogP contribution < -0.4 is 9.80 Å². The van der Waals surface area contributed by atoms with E-state index in [2.05, 4.69) is 11.8 Å². The summed E-state index contributed by atoms with van der Waals surface area (Å²) in [6.07, 6.45) is 3.80. The number of unbranched alkanes of at least 4 members (excludes halogenated alkanes) is 2. The Bertz CT molecular complexity index is 683. The molecule has 28 heavy (non-hydrogen) atoms. The van der Waals surface area contributed by atoms with E-state index in [4.69, 9.17) is 4.74 Å². The number of benzene rings is 1. The van der Waals surface area contributed by atoms with Crippen LogP contribution in [0.3, 0.4) is 0 Å². The van der Waals surface area contributed by atoms with Crippen molar-refractivity contribution in [2.24, 2.45) is 0 Å². The second-order valence-electron chi connectivity index (χ2n) is 7.35. The number of amides is 1. The van der Waals surface area contributed by atoms with Crippen molar-refractivity contribution in [3.05, 3.63) is 28.3 Å². The number of morpholine rings is 1. The topological polar surface area (TPSA) is 79.2 Å². The van der Waals surface area contributed by atoms with Crippen molar-refractivity contribution in [1.29, 1.82) is 0 Å². The highest BCUT2D eigenvalue weighted by molar-refractivity contribution is 5.76. The Kier molecular flexibility index (Phi) is 7.08. The van der Waals surface area contributed by atoms with Gasteiger partial charge in [0, 0.05) is 57.4 Å². The lowest BCUT2D eigenvalue weighted by molar-refractivity contribution is -0.384. The average molecular weight is 390 g/mol. The summed E-state index contributed by atoms with van der Waals surface area (Å²) >= 11 is 0. The van der Waals surface area contributed by atoms with Crippen molar-refractivity contribution in [3.63, 3.8) is 0 Å². The van der Waals surface area contributed by atoms with E-state index in [1.165, 1.54) is 0 Å². The lowest BCUT2D eigenvalue weighted by Gasteiger charge is -2.37. The zero-order valence-corrected chi connectivity index (χ0v) is 16.6. The molecule has 8 heteroatoms. The molecule has 3 rings (SSSR count). The molecule has 0 atom stereocenters. The maximum Gasteiger partial charge on any atom is 0.292 e. The molecule has 8 nitrogen and oxygen atoms in total. The highest BCUT2D eigenvalue weighted by Gasteiger charge is 2.25. The van der Waals surface area contributed by atoms with Crippen LogP contribution in [0, 0.1) is 10.1 Å². The second kappa shape index (κ2) is 9.73. The van der Waals surface area contributed by atoms with E-state index in [1.807, 2.05) is 21.9 Å². The minimum Gasteiger partial charge on any atom is -0.378 e. The van der Waals surface area contributed by atoms with Crippen molar-refractivity contribution >= 4 is 23.0 Å². The molecular formula is C20H30N4O4. The first-order valence-corrected chi connectivity index (χ1v) is 10.2. The summed E-state index contributed by atoms with van der Waals surface area (Å²) in [5.41, 5.74) is 1.77. The Hall–Kier alpha value is -2.35. The molecule has 0 N–H and O–H groups in total. The fraction of sp³-hybridized carbons (Fsp3) is 0.650. The molecule has 0 aromatic heterocycles. The Balaban J connectivity index is 1.66. The smallest absolute Gasteiger partial charge is 0.292 e. The number of carbonyl (C=O) groups is 1. The van der Waals surface area contributed by atoms with E-state index in [0.29, 0.717) is 51.5 Å². The van der Waals surface area contributed by atoms with Crippen LogP contribution in [0.5, 0.6) is 0 Å². The van der Waals surface area contributed by atoms with E-state index in [0.717, 1.165) is 38.0 Å². The number of hydrogen-bond acceptors (Lipinski definition) is 6. The van der Waals surface area contributed by atoms with Gasteiger partial charge in [-0.25, -0.2) is 0 Å². The molecule has 0 unspecified atom stereocenters. The van der Waals surface area contributed by atoms with Crippen molar-refractivity contribution in [2.45, 2.75) is 32.6 Å². The van der Waals surface area contributed by atoms with Crippen LogP contribution in [0.4, 0.5) is 17.1 Å². The number of anilines is 2. The van der Waals surface area contributed by atoms with Gasteiger partial charge in [-0.05, 0) is 18.6 Å². The Morgan fingerprint density at radius 2 is 1.79 bits per heavy atom. The SMILES string of the molecule is CCCCCC(=O)N1CCN(c2ccc([N+](=O)[O-])c(N3CCOCC3)c2)CC1. The van der Waals surface area contributed by atoms with E-state index in [9.17, 15) is 14.9 Å². The van der Waals surface area contributed by atoms with Gasteiger partial charge < -0.3 is 19.4 Å². The first-order valence-electron chi connectivity index (χ1n) is 10.2. The molecule has 1 amide bonds. The maximum absolute atomic E-state index is 12.3. The Labute approximate surface area is 166 Å². The predicted molar refractivity (Wildman–Crippen MR) is 109 cm³/mol. The van der Waals surface area contributed by atoms with Gasteiger partial charge in [0.2, 0.25) is 5.91 Å². The van der Waals surface area contributed by atoms with Crippen LogP contribution in [0.15, 0.2) is 18.2 Å². The molecule has 2 heterocycles. The lowest BCUT2D eigenvalue weighted by Crippen LogP contribution is -2.48. The van der Waals surface area contributed by atoms with Crippen molar-refractivity contribution in [2.75, 3.05) is 62.3 Å². The minimum absolute atomic E-state index is 0.135. The fourth-order valence-corrected chi connectivity index (χ4v) is 3.82. The maximum atomic E-state index is 12.3. The van der Waals surface area contributed by atoms with Crippen LogP contribution in [0.2, 0.25) is 0 Å². The third kappa shape index (κ3) is 4.92. The highest BCUT2D eigenvalue weighted by Crippen LogP contribution is 2.33. The molecular weight excluding hydrogens is 360 g/mol. The molecule has 2 saturated heterocycles. The van der Waals surface area contributed by atoms with Crippen LogP contribution in [0.25, 0.3) is 0 Å². The van der Waals surface area contributed by atoms with E-state index >= 15 is 0 Å². The van der Waals surface area contributed by atoms with Gasteiger partial charge in [0.1, 0.15) is 5.69 Å². The van der Waals surface area contributed by atoms with Gasteiger partial charge in [-0.2, -0.15) is 0 Å². The third-order valence-corrected chi connectivity index (χ3v) is 5.50. The molecule has 0 aliphatic carbocycles.